The van der Waals surface area contributed by atoms with E-state index in [4.69, 9.17) is 4.74 Å². The molecule has 1 aliphatic heterocycles. The Kier molecular flexibility index (Phi) is 4.15. The van der Waals surface area contributed by atoms with Crippen LogP contribution in [-0.4, -0.2) is 39.8 Å². The Hall–Kier alpha value is -2.80. The van der Waals surface area contributed by atoms with Crippen molar-refractivity contribution in [3.05, 3.63) is 54.0 Å². The van der Waals surface area contributed by atoms with Crippen LogP contribution in [0, 0.1) is 5.82 Å². The van der Waals surface area contributed by atoms with Crippen molar-refractivity contribution in [2.45, 2.75) is 18.9 Å². The highest BCUT2D eigenvalue weighted by Crippen LogP contribution is 2.19. The van der Waals surface area contributed by atoms with Crippen molar-refractivity contribution >= 4 is 11.6 Å². The molecule has 3 heterocycles. The summed E-state index contributed by atoms with van der Waals surface area (Å²) in [4.78, 5) is 12.3. The van der Waals surface area contributed by atoms with Crippen LogP contribution in [-0.2, 0) is 4.74 Å². The molecule has 1 atom stereocenters. The summed E-state index contributed by atoms with van der Waals surface area (Å²) in [6, 6.07) is 9.45. The molecule has 1 saturated heterocycles. The van der Waals surface area contributed by atoms with E-state index < -0.39 is 0 Å². The zero-order valence-electron chi connectivity index (χ0n) is 13.5. The van der Waals surface area contributed by atoms with Gasteiger partial charge in [-0.1, -0.05) is 0 Å². The van der Waals surface area contributed by atoms with Gasteiger partial charge in [0, 0.05) is 30.5 Å². The molecular weight excluding hydrogens is 323 g/mol. The van der Waals surface area contributed by atoms with E-state index in [0.29, 0.717) is 23.6 Å². The normalized spacial score (nSPS) is 17.1. The van der Waals surface area contributed by atoms with Gasteiger partial charge in [-0.25, -0.2) is 4.39 Å². The molecule has 0 bridgehead atoms. The molecule has 2 aromatic heterocycles. The maximum absolute atomic E-state index is 13.1. The Balaban J connectivity index is 1.54. The fourth-order valence-corrected chi connectivity index (χ4v) is 2.94. The fraction of sp³-hybridized carbons (Fsp3) is 0.278. The molecule has 0 aliphatic carbocycles. The number of carbonyl (C=O) groups excluding carboxylic acids is 1. The van der Waals surface area contributed by atoms with E-state index in [-0.39, 0.29) is 17.8 Å². The van der Waals surface area contributed by atoms with Gasteiger partial charge in [-0.3, -0.25) is 9.20 Å². The molecule has 0 saturated carbocycles. The number of hydrogen-bond acceptors (Lipinski definition) is 4. The van der Waals surface area contributed by atoms with Gasteiger partial charge in [0.2, 0.25) is 0 Å². The summed E-state index contributed by atoms with van der Waals surface area (Å²) in [6.45, 7) is 1.27. The van der Waals surface area contributed by atoms with Crippen LogP contribution in [0.2, 0.25) is 0 Å². The molecule has 1 aromatic carbocycles. The van der Waals surface area contributed by atoms with E-state index >= 15 is 0 Å². The summed E-state index contributed by atoms with van der Waals surface area (Å²) in [5.74, 6) is 0.133. The van der Waals surface area contributed by atoms with Crippen LogP contribution in [0.4, 0.5) is 4.39 Å². The first-order chi connectivity index (χ1) is 12.2. The number of ether oxygens (including phenoxy) is 1. The van der Waals surface area contributed by atoms with Crippen LogP contribution < -0.4 is 5.32 Å². The number of rotatable bonds is 4. The Morgan fingerprint density at radius 1 is 1.28 bits per heavy atom. The zero-order valence-corrected chi connectivity index (χ0v) is 13.5. The van der Waals surface area contributed by atoms with Gasteiger partial charge in [0.15, 0.2) is 11.5 Å². The lowest BCUT2D eigenvalue weighted by Crippen LogP contribution is -2.31. The molecular formula is C18H17FN4O2. The maximum atomic E-state index is 13.1. The largest absolute Gasteiger partial charge is 0.376 e. The number of nitrogens with zero attached hydrogens (tertiary/aromatic N) is 3. The number of aromatic nitrogens is 3. The minimum Gasteiger partial charge on any atom is -0.376 e. The van der Waals surface area contributed by atoms with Crippen molar-refractivity contribution in [1.82, 2.24) is 19.9 Å². The van der Waals surface area contributed by atoms with Crippen LogP contribution in [0.5, 0.6) is 0 Å². The topological polar surface area (TPSA) is 68.5 Å². The second-order valence-corrected chi connectivity index (χ2v) is 6.02. The van der Waals surface area contributed by atoms with E-state index in [9.17, 15) is 9.18 Å². The van der Waals surface area contributed by atoms with Crippen LogP contribution in [0.1, 0.15) is 23.2 Å². The third-order valence-corrected chi connectivity index (χ3v) is 4.29. The van der Waals surface area contributed by atoms with Crippen molar-refractivity contribution in [2.24, 2.45) is 0 Å². The Bertz CT molecular complexity index is 901. The molecule has 128 valence electrons. The lowest BCUT2D eigenvalue weighted by molar-refractivity contribution is 0.0858. The average Bonchev–Trinajstić information content (AvgIpc) is 3.29. The summed E-state index contributed by atoms with van der Waals surface area (Å²) in [5, 5.41) is 11.1. The molecule has 7 heteroatoms. The van der Waals surface area contributed by atoms with Crippen LogP contribution in [0.25, 0.3) is 17.0 Å². The molecule has 25 heavy (non-hydrogen) atoms. The monoisotopic (exact) mass is 340 g/mol. The first-order valence-corrected chi connectivity index (χ1v) is 8.21. The number of hydrogen-bond donors (Lipinski definition) is 1. The standard InChI is InChI=1S/C18H17FN4O2/c19-14-5-3-12(4-6-14)17-22-21-16-10-13(7-8-23(16)17)18(24)20-11-15-2-1-9-25-15/h3-8,10,15H,1-2,9,11H2,(H,20,24). The Labute approximate surface area is 143 Å². The summed E-state index contributed by atoms with van der Waals surface area (Å²) in [5.41, 5.74) is 1.83. The molecule has 1 fully saturated rings. The van der Waals surface area contributed by atoms with Crippen molar-refractivity contribution in [3.8, 4) is 11.4 Å². The van der Waals surface area contributed by atoms with E-state index in [1.165, 1.54) is 12.1 Å². The predicted molar refractivity (Wildman–Crippen MR) is 89.7 cm³/mol. The van der Waals surface area contributed by atoms with E-state index in [2.05, 4.69) is 15.5 Å². The molecule has 1 aliphatic rings. The van der Waals surface area contributed by atoms with Gasteiger partial charge in [-0.2, -0.15) is 0 Å². The highest BCUT2D eigenvalue weighted by Gasteiger charge is 2.17. The van der Waals surface area contributed by atoms with Crippen LogP contribution in [0.3, 0.4) is 0 Å². The Morgan fingerprint density at radius 3 is 2.88 bits per heavy atom. The molecule has 4 rings (SSSR count). The lowest BCUT2D eigenvalue weighted by Gasteiger charge is -2.10. The lowest BCUT2D eigenvalue weighted by atomic mass is 10.2. The number of amides is 1. The first-order valence-electron chi connectivity index (χ1n) is 8.21. The molecule has 1 unspecified atom stereocenters. The molecule has 1 N–H and O–H groups in total. The number of fused-ring (bicyclic) bond motifs is 1. The van der Waals surface area contributed by atoms with Crippen molar-refractivity contribution in [1.29, 1.82) is 0 Å². The summed E-state index contributed by atoms with van der Waals surface area (Å²) >= 11 is 0. The first kappa shape index (κ1) is 15.7. The summed E-state index contributed by atoms with van der Waals surface area (Å²) in [7, 11) is 0. The minimum absolute atomic E-state index is 0.103. The molecule has 3 aromatic rings. The summed E-state index contributed by atoms with van der Waals surface area (Å²) in [6.07, 6.45) is 3.86. The third kappa shape index (κ3) is 3.23. The molecule has 6 nitrogen and oxygen atoms in total. The fourth-order valence-electron chi connectivity index (χ4n) is 2.94. The molecule has 1 amide bonds. The second kappa shape index (κ2) is 6.60. The van der Waals surface area contributed by atoms with E-state index in [1.807, 2.05) is 0 Å². The minimum atomic E-state index is -0.303. The summed E-state index contributed by atoms with van der Waals surface area (Å²) < 4.78 is 20.3. The Morgan fingerprint density at radius 2 is 2.12 bits per heavy atom. The second-order valence-electron chi connectivity index (χ2n) is 6.02. The van der Waals surface area contributed by atoms with Gasteiger partial charge in [0.05, 0.1) is 6.10 Å². The highest BCUT2D eigenvalue weighted by molar-refractivity contribution is 5.95. The van der Waals surface area contributed by atoms with Gasteiger partial charge in [-0.15, -0.1) is 10.2 Å². The SMILES string of the molecule is O=C(NCC1CCCO1)c1ccn2c(-c3ccc(F)cc3)nnc2c1. The van der Waals surface area contributed by atoms with Gasteiger partial charge in [0.1, 0.15) is 5.82 Å². The zero-order chi connectivity index (χ0) is 17.2. The number of benzene rings is 1. The molecule has 0 radical (unpaired) electrons. The number of nitrogens with one attached hydrogen (secondary N) is 1. The van der Waals surface area contributed by atoms with Crippen LogP contribution >= 0.6 is 0 Å². The van der Waals surface area contributed by atoms with Crippen molar-refractivity contribution < 1.29 is 13.9 Å². The third-order valence-electron chi connectivity index (χ3n) is 4.29. The maximum Gasteiger partial charge on any atom is 0.251 e. The average molecular weight is 340 g/mol. The highest BCUT2D eigenvalue weighted by atomic mass is 19.1. The van der Waals surface area contributed by atoms with Gasteiger partial charge >= 0.3 is 0 Å². The van der Waals surface area contributed by atoms with Gasteiger partial charge in [-0.05, 0) is 49.2 Å². The number of halogens is 1. The predicted octanol–water partition coefficient (Wildman–Crippen LogP) is 2.44. The van der Waals surface area contributed by atoms with Crippen LogP contribution in [0.15, 0.2) is 42.6 Å². The number of pyridine rings is 1. The van der Waals surface area contributed by atoms with Gasteiger partial charge in [0.25, 0.3) is 5.91 Å². The van der Waals surface area contributed by atoms with E-state index in [1.54, 1.807) is 34.9 Å². The smallest absolute Gasteiger partial charge is 0.251 e. The van der Waals surface area contributed by atoms with E-state index in [0.717, 1.165) is 25.0 Å². The van der Waals surface area contributed by atoms with Crippen molar-refractivity contribution in [3.63, 3.8) is 0 Å². The van der Waals surface area contributed by atoms with Crippen molar-refractivity contribution in [2.75, 3.05) is 13.2 Å². The van der Waals surface area contributed by atoms with Gasteiger partial charge < -0.3 is 10.1 Å². The molecule has 0 spiro atoms. The quantitative estimate of drug-likeness (QED) is 0.792. The number of carbonyl (C=O) groups is 1.